The van der Waals surface area contributed by atoms with Gasteiger partial charge in [-0.2, -0.15) is 13.2 Å². The number of fused-ring (bicyclic) bond motifs is 4. The van der Waals surface area contributed by atoms with E-state index in [2.05, 4.69) is 15.0 Å². The lowest BCUT2D eigenvalue weighted by atomic mass is 10.0. The van der Waals surface area contributed by atoms with Crippen molar-refractivity contribution < 1.29 is 26.7 Å². The Morgan fingerprint density at radius 1 is 1.21 bits per heavy atom. The van der Waals surface area contributed by atoms with Crippen LogP contribution < -0.4 is 5.73 Å². The van der Waals surface area contributed by atoms with Crippen molar-refractivity contribution in [2.45, 2.75) is 24.6 Å². The van der Waals surface area contributed by atoms with Gasteiger partial charge in [-0.25, -0.2) is 23.7 Å². The monoisotopic (exact) mass is 462 g/mol. The number of carbonyl (C=O) groups excluding carboxylic acids is 1. The van der Waals surface area contributed by atoms with Crippen LogP contribution in [0, 0.1) is 0 Å². The molecule has 0 spiro atoms. The number of nitrogens with zero attached hydrogens (tertiary/aromatic N) is 5. The first kappa shape index (κ1) is 21.0. The molecule has 12 heteroatoms. The van der Waals surface area contributed by atoms with Crippen LogP contribution >= 0.6 is 0 Å². The second kappa shape index (κ2) is 6.83. The predicted octanol–water partition coefficient (Wildman–Crippen LogP) is 4.19. The molecule has 7 nitrogen and oxygen atoms in total. The standard InChI is InChI=1S/C21H15F5N6O/c1-31(16-6-20(22,23)12-4-10(21(24,25)26)2-3-11(12)16)19(33)13-5-15-14(7-29-13)30-18(27)17-8-28-9-32(15)17/h2-5,7-9,16H,6H2,1H3,(H2,27,30). The molecule has 1 unspecified atom stereocenters. The van der Waals surface area contributed by atoms with Gasteiger partial charge in [0.1, 0.15) is 22.5 Å². The van der Waals surface area contributed by atoms with Crippen molar-refractivity contribution in [3.05, 3.63) is 65.4 Å². The van der Waals surface area contributed by atoms with Crippen molar-refractivity contribution in [3.8, 4) is 0 Å². The average molecular weight is 462 g/mol. The summed E-state index contributed by atoms with van der Waals surface area (Å²) in [4.78, 5) is 26.5. The minimum Gasteiger partial charge on any atom is -0.382 e. The summed E-state index contributed by atoms with van der Waals surface area (Å²) in [6, 6.07) is 2.51. The molecule has 0 bridgehead atoms. The SMILES string of the molecule is CN(C(=O)c1cc2c(cn1)nc(N)c1cncn12)C1CC(F)(F)c2cc(C(F)(F)F)ccc21. The van der Waals surface area contributed by atoms with Gasteiger partial charge in [-0.15, -0.1) is 0 Å². The van der Waals surface area contributed by atoms with Crippen LogP contribution in [0.1, 0.15) is 39.6 Å². The number of alkyl halides is 5. The highest BCUT2D eigenvalue weighted by Gasteiger charge is 2.48. The van der Waals surface area contributed by atoms with Gasteiger partial charge in [0.2, 0.25) is 0 Å². The highest BCUT2D eigenvalue weighted by atomic mass is 19.4. The van der Waals surface area contributed by atoms with Gasteiger partial charge in [-0.1, -0.05) is 6.07 Å². The normalized spacial score (nSPS) is 17.5. The molecule has 1 amide bonds. The van der Waals surface area contributed by atoms with Crippen LogP contribution in [0.2, 0.25) is 0 Å². The van der Waals surface area contributed by atoms with E-state index in [1.165, 1.54) is 31.8 Å². The van der Waals surface area contributed by atoms with Crippen LogP contribution in [0.3, 0.4) is 0 Å². The molecular formula is C21H15F5N6O. The first-order chi connectivity index (χ1) is 15.5. The number of halogens is 5. The molecule has 0 saturated heterocycles. The third kappa shape index (κ3) is 3.24. The van der Waals surface area contributed by atoms with E-state index in [9.17, 15) is 26.7 Å². The van der Waals surface area contributed by atoms with Crippen molar-refractivity contribution >= 4 is 28.3 Å². The lowest BCUT2D eigenvalue weighted by Gasteiger charge is -2.25. The molecule has 1 aliphatic rings. The number of amides is 1. The van der Waals surface area contributed by atoms with Crippen LogP contribution in [0.15, 0.2) is 43.0 Å². The Labute approximate surface area is 182 Å². The van der Waals surface area contributed by atoms with Crippen molar-refractivity contribution in [1.29, 1.82) is 0 Å². The summed E-state index contributed by atoms with van der Waals surface area (Å²) >= 11 is 0. The average Bonchev–Trinajstić information content (AvgIpc) is 3.35. The number of pyridine rings is 1. The molecule has 1 atom stereocenters. The molecule has 4 aromatic rings. The van der Waals surface area contributed by atoms with Gasteiger partial charge in [0.15, 0.2) is 0 Å². The van der Waals surface area contributed by atoms with Crippen molar-refractivity contribution in [2.24, 2.45) is 0 Å². The van der Waals surface area contributed by atoms with Gasteiger partial charge in [0.25, 0.3) is 11.8 Å². The first-order valence-corrected chi connectivity index (χ1v) is 9.71. The molecule has 0 fully saturated rings. The number of hydrogen-bond acceptors (Lipinski definition) is 5. The molecule has 33 heavy (non-hydrogen) atoms. The van der Waals surface area contributed by atoms with Gasteiger partial charge in [0, 0.05) is 19.0 Å². The van der Waals surface area contributed by atoms with Crippen molar-refractivity contribution in [3.63, 3.8) is 0 Å². The topological polar surface area (TPSA) is 89.4 Å². The van der Waals surface area contributed by atoms with E-state index in [0.29, 0.717) is 22.6 Å². The minimum atomic E-state index is -4.75. The van der Waals surface area contributed by atoms with Gasteiger partial charge in [0.05, 0.1) is 35.8 Å². The maximum Gasteiger partial charge on any atom is 0.416 e. The third-order valence-corrected chi connectivity index (χ3v) is 5.85. The van der Waals surface area contributed by atoms with Crippen LogP contribution in [0.5, 0.6) is 0 Å². The molecule has 0 aliphatic heterocycles. The van der Waals surface area contributed by atoms with Crippen molar-refractivity contribution in [1.82, 2.24) is 24.3 Å². The Morgan fingerprint density at radius 2 is 1.97 bits per heavy atom. The maximum absolute atomic E-state index is 14.6. The number of nitrogen functional groups attached to an aromatic ring is 1. The summed E-state index contributed by atoms with van der Waals surface area (Å²) in [5, 5.41) is 0. The molecule has 0 radical (unpaired) electrons. The van der Waals surface area contributed by atoms with E-state index in [1.54, 1.807) is 4.40 Å². The zero-order chi connectivity index (χ0) is 23.7. The van der Waals surface area contributed by atoms with Crippen LogP contribution in [-0.2, 0) is 12.1 Å². The third-order valence-electron chi connectivity index (χ3n) is 5.85. The number of benzene rings is 1. The van der Waals surface area contributed by atoms with E-state index in [-0.39, 0.29) is 17.1 Å². The summed E-state index contributed by atoms with van der Waals surface area (Å²) < 4.78 is 69.9. The summed E-state index contributed by atoms with van der Waals surface area (Å²) in [7, 11) is 1.32. The fourth-order valence-electron chi connectivity index (χ4n) is 4.17. The van der Waals surface area contributed by atoms with E-state index in [0.717, 1.165) is 17.0 Å². The molecule has 0 saturated carbocycles. The van der Waals surface area contributed by atoms with E-state index in [4.69, 9.17) is 5.73 Å². The fraction of sp³-hybridized carbons (Fsp3) is 0.238. The minimum absolute atomic E-state index is 0.0314. The van der Waals surface area contributed by atoms with Gasteiger partial charge >= 0.3 is 6.18 Å². The number of imidazole rings is 1. The second-order valence-corrected chi connectivity index (χ2v) is 7.84. The largest absolute Gasteiger partial charge is 0.416 e. The summed E-state index contributed by atoms with van der Waals surface area (Å²) in [6.07, 6.45) is -1.26. The number of rotatable bonds is 2. The molecular weight excluding hydrogens is 447 g/mol. The summed E-state index contributed by atoms with van der Waals surface area (Å²) in [5.74, 6) is -3.96. The first-order valence-electron chi connectivity index (χ1n) is 9.71. The quantitative estimate of drug-likeness (QED) is 0.452. The van der Waals surface area contributed by atoms with Gasteiger partial charge in [-0.3, -0.25) is 9.20 Å². The van der Waals surface area contributed by atoms with E-state index < -0.39 is 41.6 Å². The van der Waals surface area contributed by atoms with Crippen LogP contribution in [0.4, 0.5) is 27.8 Å². The highest BCUT2D eigenvalue weighted by molar-refractivity contribution is 5.96. The summed E-state index contributed by atoms with van der Waals surface area (Å²) in [5.41, 5.74) is 5.32. The van der Waals surface area contributed by atoms with Gasteiger partial charge < -0.3 is 10.6 Å². The predicted molar refractivity (Wildman–Crippen MR) is 107 cm³/mol. The lowest BCUT2D eigenvalue weighted by molar-refractivity contribution is -0.137. The molecule has 2 N–H and O–H groups in total. The highest BCUT2D eigenvalue weighted by Crippen LogP contribution is 2.50. The number of nitrogens with two attached hydrogens (primary N) is 1. The van der Waals surface area contributed by atoms with E-state index >= 15 is 0 Å². The van der Waals surface area contributed by atoms with Gasteiger partial charge in [-0.05, 0) is 23.8 Å². The summed E-state index contributed by atoms with van der Waals surface area (Å²) in [6.45, 7) is 0. The number of hydrogen-bond donors (Lipinski definition) is 1. The smallest absolute Gasteiger partial charge is 0.382 e. The Kier molecular flexibility index (Phi) is 4.36. The molecule has 5 rings (SSSR count). The zero-order valence-corrected chi connectivity index (χ0v) is 16.9. The zero-order valence-electron chi connectivity index (χ0n) is 16.9. The number of anilines is 1. The molecule has 3 heterocycles. The molecule has 3 aromatic heterocycles. The second-order valence-electron chi connectivity index (χ2n) is 7.84. The van der Waals surface area contributed by atoms with Crippen LogP contribution in [-0.4, -0.2) is 37.2 Å². The molecule has 1 aromatic carbocycles. The number of aromatic nitrogens is 4. The maximum atomic E-state index is 14.6. The Morgan fingerprint density at radius 3 is 2.70 bits per heavy atom. The van der Waals surface area contributed by atoms with Crippen molar-refractivity contribution in [2.75, 3.05) is 12.8 Å². The molecule has 1 aliphatic carbocycles. The Balaban J connectivity index is 1.53. The Hall–Kier alpha value is -3.83. The molecule has 170 valence electrons. The van der Waals surface area contributed by atoms with E-state index in [1.807, 2.05) is 0 Å². The number of carbonyl (C=O) groups is 1. The van der Waals surface area contributed by atoms with Crippen LogP contribution in [0.25, 0.3) is 16.6 Å². The fourth-order valence-corrected chi connectivity index (χ4v) is 4.17. The Bertz CT molecular complexity index is 1430. The lowest BCUT2D eigenvalue weighted by Crippen LogP contribution is -2.31.